The average molecular weight is 669 g/mol. The highest BCUT2D eigenvalue weighted by atomic mass is 31.1. The molecule has 0 aromatic heterocycles. The second kappa shape index (κ2) is 14.0. The minimum Gasteiger partial charge on any atom is -0.497 e. The van der Waals surface area contributed by atoms with E-state index in [2.05, 4.69) is 110 Å². The van der Waals surface area contributed by atoms with E-state index >= 15 is 0 Å². The molecule has 0 amide bonds. The van der Waals surface area contributed by atoms with Crippen molar-refractivity contribution in [1.29, 1.82) is 0 Å². The SMILES string of the molecule is COc1ccc(C2CC(=O)CC(c3ccc(OC)cc3)P2c2c(-c3c(C)c(C)cc(C)c3C)cccc2-c2c(C)c(C)cc(C)c2C)cc1. The molecule has 49 heavy (non-hydrogen) atoms. The Hall–Kier alpha value is -4.20. The maximum absolute atomic E-state index is 13.9. The van der Waals surface area contributed by atoms with E-state index in [0.29, 0.717) is 18.6 Å². The summed E-state index contributed by atoms with van der Waals surface area (Å²) in [7, 11) is 2.43. The van der Waals surface area contributed by atoms with Crippen LogP contribution < -0.4 is 14.8 Å². The summed E-state index contributed by atoms with van der Waals surface area (Å²) in [5.41, 5.74) is 18.2. The molecule has 4 heteroatoms. The van der Waals surface area contributed by atoms with Gasteiger partial charge in [-0.1, -0.05) is 62.5 Å². The first-order valence-electron chi connectivity index (χ1n) is 17.3. The zero-order valence-electron chi connectivity index (χ0n) is 30.7. The van der Waals surface area contributed by atoms with Gasteiger partial charge in [-0.15, -0.1) is 0 Å². The maximum Gasteiger partial charge on any atom is 0.134 e. The molecule has 1 saturated heterocycles. The molecule has 0 spiro atoms. The number of carbonyl (C=O) groups is 1. The zero-order chi connectivity index (χ0) is 35.1. The van der Waals surface area contributed by atoms with Crippen LogP contribution in [-0.4, -0.2) is 20.0 Å². The third-order valence-corrected chi connectivity index (χ3v) is 14.4. The van der Waals surface area contributed by atoms with Crippen molar-refractivity contribution in [3.8, 4) is 33.8 Å². The van der Waals surface area contributed by atoms with Gasteiger partial charge in [0, 0.05) is 24.2 Å². The summed E-state index contributed by atoms with van der Waals surface area (Å²) in [6, 6.07) is 28.6. The second-order valence-electron chi connectivity index (χ2n) is 13.9. The van der Waals surface area contributed by atoms with E-state index in [9.17, 15) is 4.79 Å². The molecule has 1 aliphatic heterocycles. The van der Waals surface area contributed by atoms with Gasteiger partial charge in [-0.3, -0.25) is 4.79 Å². The Morgan fingerprint density at radius 3 is 1.20 bits per heavy atom. The molecule has 1 fully saturated rings. The van der Waals surface area contributed by atoms with Crippen molar-refractivity contribution in [3.63, 3.8) is 0 Å². The summed E-state index contributed by atoms with van der Waals surface area (Å²) in [6.07, 6.45) is 1.04. The van der Waals surface area contributed by atoms with Gasteiger partial charge in [0.1, 0.15) is 17.3 Å². The van der Waals surface area contributed by atoms with E-state index in [1.807, 2.05) is 24.3 Å². The zero-order valence-corrected chi connectivity index (χ0v) is 31.6. The van der Waals surface area contributed by atoms with Crippen LogP contribution in [0.1, 0.15) is 79.8 Å². The number of carbonyl (C=O) groups excluding carboxylic acids is 1. The summed E-state index contributed by atoms with van der Waals surface area (Å²) < 4.78 is 11.2. The van der Waals surface area contributed by atoms with Gasteiger partial charge in [-0.05, 0) is 163 Å². The molecule has 0 N–H and O–H groups in total. The predicted octanol–water partition coefficient (Wildman–Crippen LogP) is 11.5. The number of hydrogen-bond acceptors (Lipinski definition) is 3. The normalized spacial score (nSPS) is 17.7. The number of methoxy groups -OCH3 is 2. The smallest absolute Gasteiger partial charge is 0.134 e. The van der Waals surface area contributed by atoms with Gasteiger partial charge in [0.05, 0.1) is 14.2 Å². The lowest BCUT2D eigenvalue weighted by Crippen LogP contribution is -2.26. The van der Waals surface area contributed by atoms with Crippen molar-refractivity contribution in [2.24, 2.45) is 0 Å². The maximum atomic E-state index is 13.9. The van der Waals surface area contributed by atoms with Crippen molar-refractivity contribution in [2.75, 3.05) is 14.2 Å². The van der Waals surface area contributed by atoms with E-state index < -0.39 is 7.92 Å². The molecule has 0 bridgehead atoms. The fourth-order valence-corrected chi connectivity index (χ4v) is 11.7. The Labute approximate surface area is 294 Å². The molecule has 1 aliphatic rings. The lowest BCUT2D eigenvalue weighted by Gasteiger charge is -2.41. The third kappa shape index (κ3) is 6.35. The number of benzene rings is 5. The van der Waals surface area contributed by atoms with Crippen LogP contribution in [-0.2, 0) is 4.79 Å². The van der Waals surface area contributed by atoms with Crippen molar-refractivity contribution in [2.45, 2.75) is 79.5 Å². The minimum atomic E-state index is -0.980. The number of Topliss-reactive ketones (excluding diaryl/α,β-unsaturated/α-hetero) is 1. The van der Waals surface area contributed by atoms with Gasteiger partial charge in [-0.2, -0.15) is 0 Å². The topological polar surface area (TPSA) is 35.5 Å². The lowest BCUT2D eigenvalue weighted by atomic mass is 9.85. The lowest BCUT2D eigenvalue weighted by molar-refractivity contribution is -0.119. The summed E-state index contributed by atoms with van der Waals surface area (Å²) in [5, 5.41) is 1.40. The van der Waals surface area contributed by atoms with Gasteiger partial charge >= 0.3 is 0 Å². The summed E-state index contributed by atoms with van der Waals surface area (Å²) in [4.78, 5) is 13.9. The molecule has 6 rings (SSSR count). The van der Waals surface area contributed by atoms with Crippen LogP contribution in [0.25, 0.3) is 22.3 Å². The molecule has 2 atom stereocenters. The number of ketones is 1. The molecule has 252 valence electrons. The highest BCUT2D eigenvalue weighted by Gasteiger charge is 2.42. The summed E-state index contributed by atoms with van der Waals surface area (Å²) >= 11 is 0. The van der Waals surface area contributed by atoms with Crippen LogP contribution >= 0.6 is 7.92 Å². The Morgan fingerprint density at radius 2 is 0.878 bits per heavy atom. The fraction of sp³-hybridized carbons (Fsp3) is 0.311. The monoisotopic (exact) mass is 668 g/mol. The van der Waals surface area contributed by atoms with Crippen LogP contribution in [0.5, 0.6) is 11.5 Å². The van der Waals surface area contributed by atoms with Gasteiger partial charge in [0.25, 0.3) is 0 Å². The number of aryl methyl sites for hydroxylation is 4. The van der Waals surface area contributed by atoms with E-state index in [1.165, 1.54) is 83.2 Å². The van der Waals surface area contributed by atoms with Gasteiger partial charge in [0.15, 0.2) is 0 Å². The molecule has 3 nitrogen and oxygen atoms in total. The van der Waals surface area contributed by atoms with E-state index in [4.69, 9.17) is 9.47 Å². The van der Waals surface area contributed by atoms with Crippen molar-refractivity contribution < 1.29 is 14.3 Å². The molecule has 0 saturated carbocycles. The molecule has 0 radical (unpaired) electrons. The first kappa shape index (κ1) is 34.7. The van der Waals surface area contributed by atoms with Crippen LogP contribution in [0.15, 0.2) is 78.9 Å². The first-order valence-corrected chi connectivity index (χ1v) is 18.8. The number of rotatable bonds is 7. The molecular weight excluding hydrogens is 619 g/mol. The first-order chi connectivity index (χ1) is 23.4. The highest BCUT2D eigenvalue weighted by molar-refractivity contribution is 7.67. The third-order valence-electron chi connectivity index (χ3n) is 11.1. The molecule has 1 heterocycles. The van der Waals surface area contributed by atoms with Gasteiger partial charge in [0.2, 0.25) is 0 Å². The van der Waals surface area contributed by atoms with E-state index in [1.54, 1.807) is 14.2 Å². The van der Waals surface area contributed by atoms with Gasteiger partial charge < -0.3 is 9.47 Å². The average Bonchev–Trinajstić information content (AvgIpc) is 3.10. The Balaban J connectivity index is 1.77. The highest BCUT2D eigenvalue weighted by Crippen LogP contribution is 2.68. The Kier molecular flexibility index (Phi) is 9.88. The second-order valence-corrected chi connectivity index (χ2v) is 16.4. The largest absolute Gasteiger partial charge is 0.497 e. The summed E-state index contributed by atoms with van der Waals surface area (Å²) in [5.74, 6) is 1.97. The van der Waals surface area contributed by atoms with Crippen molar-refractivity contribution >= 4 is 19.0 Å². The number of hydrogen-bond donors (Lipinski definition) is 0. The van der Waals surface area contributed by atoms with E-state index in [0.717, 1.165) is 11.5 Å². The standard InChI is InChI=1S/C45H49O3P/c1-26-22-27(2)31(6)43(30(26)5)39-12-11-13-40(44-32(7)28(3)23-29(4)33(44)8)45(39)49-41(34-14-18-37(47-9)19-15-34)24-36(46)25-42(49)35-16-20-38(48-10)21-17-35/h11-23,41-42H,24-25H2,1-10H3. The molecule has 2 unspecified atom stereocenters. The van der Waals surface area contributed by atoms with Crippen molar-refractivity contribution in [1.82, 2.24) is 0 Å². The van der Waals surface area contributed by atoms with Crippen LogP contribution in [0, 0.1) is 55.4 Å². The van der Waals surface area contributed by atoms with Crippen molar-refractivity contribution in [3.05, 3.63) is 134 Å². The fourth-order valence-electron chi connectivity index (χ4n) is 7.92. The molecular formula is C45H49O3P. The molecule has 5 aromatic rings. The van der Waals surface area contributed by atoms with Crippen LogP contribution in [0.4, 0.5) is 0 Å². The quantitative estimate of drug-likeness (QED) is 0.162. The number of ether oxygens (including phenoxy) is 2. The van der Waals surface area contributed by atoms with E-state index in [-0.39, 0.29) is 11.3 Å². The predicted molar refractivity (Wildman–Crippen MR) is 207 cm³/mol. The Bertz CT molecular complexity index is 1850. The minimum absolute atomic E-state index is 0.0344. The van der Waals surface area contributed by atoms with Crippen LogP contribution in [0.2, 0.25) is 0 Å². The summed E-state index contributed by atoms with van der Waals surface area (Å²) in [6.45, 7) is 18.0. The van der Waals surface area contributed by atoms with Crippen LogP contribution in [0.3, 0.4) is 0 Å². The Morgan fingerprint density at radius 1 is 0.531 bits per heavy atom. The van der Waals surface area contributed by atoms with Gasteiger partial charge in [-0.25, -0.2) is 0 Å². The molecule has 5 aromatic carbocycles. The molecule has 0 aliphatic carbocycles.